The number of halogens is 3. The van der Waals surface area contributed by atoms with Gasteiger partial charge < -0.3 is 10.1 Å². The van der Waals surface area contributed by atoms with Crippen LogP contribution in [-0.4, -0.2) is 17.8 Å². The summed E-state index contributed by atoms with van der Waals surface area (Å²) in [5.41, 5.74) is 1.96. The molecule has 3 nitrogen and oxygen atoms in total. The first-order chi connectivity index (χ1) is 11.3. The summed E-state index contributed by atoms with van der Waals surface area (Å²) in [6.07, 6.45) is 1.03. The molecule has 0 saturated heterocycles. The van der Waals surface area contributed by atoms with E-state index in [1.54, 1.807) is 6.07 Å². The molecule has 1 amide bonds. The van der Waals surface area contributed by atoms with Crippen molar-refractivity contribution in [2.45, 2.75) is 55.3 Å². The number of nitrogens with one attached hydrogen (secondary N) is 1. The second-order valence-electron chi connectivity index (χ2n) is 6.65. The molecular weight excluding hydrogens is 339 g/mol. The Labute approximate surface area is 141 Å². The van der Waals surface area contributed by atoms with Crippen LogP contribution in [0.2, 0.25) is 0 Å². The van der Waals surface area contributed by atoms with Crippen LogP contribution >= 0.6 is 11.8 Å². The Kier molecular flexibility index (Phi) is 3.60. The fourth-order valence-electron chi connectivity index (χ4n) is 3.92. The molecule has 4 rings (SSSR count). The third-order valence-electron chi connectivity index (χ3n) is 4.91. The highest BCUT2D eigenvalue weighted by molar-refractivity contribution is 8.04. The fraction of sp³-hybridized carbons (Fsp3) is 0.471. The second kappa shape index (κ2) is 5.44. The van der Waals surface area contributed by atoms with Gasteiger partial charge in [-0.3, -0.25) is 4.79 Å². The van der Waals surface area contributed by atoms with Crippen molar-refractivity contribution in [3.8, 4) is 5.75 Å². The third-order valence-corrected chi connectivity index (χ3v) is 6.18. The lowest BCUT2D eigenvalue weighted by molar-refractivity contribution is -0.274. The van der Waals surface area contributed by atoms with E-state index < -0.39 is 6.36 Å². The van der Waals surface area contributed by atoms with Crippen LogP contribution in [0, 0.1) is 0 Å². The van der Waals surface area contributed by atoms with Crippen molar-refractivity contribution in [1.82, 2.24) is 5.32 Å². The van der Waals surface area contributed by atoms with Gasteiger partial charge in [0.25, 0.3) is 5.91 Å². The third kappa shape index (κ3) is 2.90. The first-order valence-electron chi connectivity index (χ1n) is 7.95. The van der Waals surface area contributed by atoms with Crippen molar-refractivity contribution in [2.24, 2.45) is 0 Å². The number of rotatable bonds is 1. The molecule has 128 valence electrons. The molecule has 1 aliphatic carbocycles. The van der Waals surface area contributed by atoms with E-state index >= 15 is 0 Å². The Balaban J connectivity index is 1.61. The van der Waals surface area contributed by atoms with Gasteiger partial charge in [0.15, 0.2) is 0 Å². The topological polar surface area (TPSA) is 38.3 Å². The average Bonchev–Trinajstić information content (AvgIpc) is 2.92. The number of hydrogen-bond acceptors (Lipinski definition) is 3. The van der Waals surface area contributed by atoms with Crippen molar-refractivity contribution in [3.05, 3.63) is 34.2 Å². The molecule has 0 aromatic heterocycles. The Morgan fingerprint density at radius 1 is 1.21 bits per heavy atom. The lowest BCUT2D eigenvalue weighted by Crippen LogP contribution is -2.50. The van der Waals surface area contributed by atoms with E-state index in [0.717, 1.165) is 43.2 Å². The van der Waals surface area contributed by atoms with Crippen molar-refractivity contribution < 1.29 is 22.7 Å². The van der Waals surface area contributed by atoms with Gasteiger partial charge in [-0.25, -0.2) is 0 Å². The quantitative estimate of drug-likeness (QED) is 0.815. The normalized spacial score (nSPS) is 22.2. The van der Waals surface area contributed by atoms with Crippen LogP contribution in [-0.2, 0) is 11.2 Å². The van der Waals surface area contributed by atoms with Crippen LogP contribution in [0.5, 0.6) is 5.75 Å². The number of hydrogen-bond donors (Lipinski definition) is 1. The highest BCUT2D eigenvalue weighted by atomic mass is 32.2. The van der Waals surface area contributed by atoms with E-state index in [2.05, 4.69) is 10.1 Å². The predicted molar refractivity (Wildman–Crippen MR) is 83.7 cm³/mol. The molecule has 2 aliphatic heterocycles. The molecule has 0 atom stereocenters. The van der Waals surface area contributed by atoms with Gasteiger partial charge in [-0.15, -0.1) is 13.2 Å². The number of alkyl halides is 3. The summed E-state index contributed by atoms with van der Waals surface area (Å²) in [5.74, 6) is -0.336. The lowest BCUT2D eigenvalue weighted by Gasteiger charge is -2.38. The van der Waals surface area contributed by atoms with Crippen molar-refractivity contribution in [1.29, 1.82) is 0 Å². The molecule has 7 heteroatoms. The molecule has 1 aromatic carbocycles. The molecule has 24 heavy (non-hydrogen) atoms. The maximum absolute atomic E-state index is 12.5. The maximum Gasteiger partial charge on any atom is 0.573 e. The van der Waals surface area contributed by atoms with E-state index in [-0.39, 0.29) is 17.2 Å². The van der Waals surface area contributed by atoms with Gasteiger partial charge in [0.2, 0.25) is 0 Å². The largest absolute Gasteiger partial charge is 0.573 e. The number of ether oxygens (including phenoxy) is 1. The van der Waals surface area contributed by atoms with Crippen LogP contribution < -0.4 is 10.1 Å². The van der Waals surface area contributed by atoms with E-state index in [1.165, 1.54) is 23.9 Å². The number of amides is 1. The summed E-state index contributed by atoms with van der Waals surface area (Å²) in [4.78, 5) is 13.8. The van der Waals surface area contributed by atoms with Gasteiger partial charge in [0.1, 0.15) is 5.75 Å². The highest BCUT2D eigenvalue weighted by Crippen LogP contribution is 2.47. The monoisotopic (exact) mass is 355 g/mol. The number of benzene rings is 1. The van der Waals surface area contributed by atoms with E-state index in [4.69, 9.17) is 0 Å². The lowest BCUT2D eigenvalue weighted by atomic mass is 9.83. The molecule has 1 N–H and O–H groups in total. The summed E-state index contributed by atoms with van der Waals surface area (Å²) >= 11 is 1.25. The van der Waals surface area contributed by atoms with E-state index in [9.17, 15) is 18.0 Å². The van der Waals surface area contributed by atoms with Crippen molar-refractivity contribution in [3.63, 3.8) is 0 Å². The summed E-state index contributed by atoms with van der Waals surface area (Å²) in [5, 5.41) is 3.15. The summed E-state index contributed by atoms with van der Waals surface area (Å²) < 4.78 is 41.1. The minimum Gasteiger partial charge on any atom is -0.406 e. The molecular formula is C17H16F3NO2S. The summed E-state index contributed by atoms with van der Waals surface area (Å²) in [6.45, 7) is 0. The average molecular weight is 355 g/mol. The highest BCUT2D eigenvalue weighted by Gasteiger charge is 2.42. The number of fused-ring (bicyclic) bond motifs is 1. The molecule has 0 radical (unpaired) electrons. The standard InChI is InChI=1S/C17H16F3NO2S/c18-17(19,20)23-12-4-3-10-7-11-9-16(5-1-2-6-16)21-15(22)14(11)24-13(10)8-12/h3-4,8H,1-2,5-7,9H2,(H,21,22). The zero-order valence-corrected chi connectivity index (χ0v) is 13.6. The number of thioether (sulfide) groups is 1. The fourth-order valence-corrected chi connectivity index (χ4v) is 5.02. The zero-order valence-electron chi connectivity index (χ0n) is 12.8. The summed E-state index contributed by atoms with van der Waals surface area (Å²) in [6, 6.07) is 4.37. The molecule has 1 fully saturated rings. The van der Waals surface area contributed by atoms with Gasteiger partial charge >= 0.3 is 6.36 Å². The van der Waals surface area contributed by atoms with Crippen molar-refractivity contribution in [2.75, 3.05) is 0 Å². The van der Waals surface area contributed by atoms with Crippen LogP contribution in [0.3, 0.4) is 0 Å². The smallest absolute Gasteiger partial charge is 0.406 e. The first kappa shape index (κ1) is 15.9. The van der Waals surface area contributed by atoms with Crippen molar-refractivity contribution >= 4 is 17.7 Å². The first-order valence-corrected chi connectivity index (χ1v) is 8.76. The van der Waals surface area contributed by atoms with Crippen LogP contribution in [0.1, 0.15) is 37.7 Å². The van der Waals surface area contributed by atoms with E-state index in [1.807, 2.05) is 0 Å². The van der Waals surface area contributed by atoms with Gasteiger partial charge in [-0.1, -0.05) is 30.7 Å². The molecule has 1 aromatic rings. The van der Waals surface area contributed by atoms with Gasteiger partial charge in [-0.2, -0.15) is 0 Å². The molecule has 3 aliphatic rings. The van der Waals surface area contributed by atoms with Crippen LogP contribution in [0.15, 0.2) is 33.6 Å². The Hall–Kier alpha value is -1.63. The molecule has 1 saturated carbocycles. The molecule has 0 bridgehead atoms. The second-order valence-corrected chi connectivity index (χ2v) is 7.70. The zero-order chi connectivity index (χ0) is 16.9. The van der Waals surface area contributed by atoms with Gasteiger partial charge in [0, 0.05) is 10.4 Å². The minimum absolute atomic E-state index is 0.0871. The van der Waals surface area contributed by atoms with Crippen LogP contribution in [0.25, 0.3) is 0 Å². The number of carbonyl (C=O) groups is 1. The molecule has 0 unspecified atom stereocenters. The molecule has 2 heterocycles. The Morgan fingerprint density at radius 2 is 1.96 bits per heavy atom. The maximum atomic E-state index is 12.5. The Morgan fingerprint density at radius 3 is 2.67 bits per heavy atom. The SMILES string of the molecule is O=C1NC2(CCCC2)CC2=C1Sc1cc(OC(F)(F)F)ccc1C2. The summed E-state index contributed by atoms with van der Waals surface area (Å²) in [7, 11) is 0. The van der Waals surface area contributed by atoms with Gasteiger partial charge in [0.05, 0.1) is 4.91 Å². The molecule has 1 spiro atoms. The van der Waals surface area contributed by atoms with E-state index in [0.29, 0.717) is 16.2 Å². The van der Waals surface area contributed by atoms with Gasteiger partial charge in [-0.05, 0) is 49.0 Å². The number of carbonyl (C=O) groups excluding carboxylic acids is 1. The minimum atomic E-state index is -4.71. The van der Waals surface area contributed by atoms with Crippen LogP contribution in [0.4, 0.5) is 13.2 Å². The Bertz CT molecular complexity index is 736. The predicted octanol–water partition coefficient (Wildman–Crippen LogP) is 4.32.